The standard InChI is InChI=1S/C11H18O5/c1-5-9(12)16-8-10(13)15-7-6-11(2,3)14-4/h5H,1,6-8H2,2-4H3. The van der Waals surface area contributed by atoms with E-state index in [1.807, 2.05) is 13.8 Å². The molecule has 0 aliphatic carbocycles. The fraction of sp³-hybridized carbons (Fsp3) is 0.636. The van der Waals surface area contributed by atoms with Gasteiger partial charge in [-0.1, -0.05) is 6.58 Å². The molecule has 0 spiro atoms. The van der Waals surface area contributed by atoms with Gasteiger partial charge in [0.2, 0.25) is 0 Å². The summed E-state index contributed by atoms with van der Waals surface area (Å²) in [5.74, 6) is -1.23. The van der Waals surface area contributed by atoms with E-state index in [4.69, 9.17) is 9.47 Å². The summed E-state index contributed by atoms with van der Waals surface area (Å²) < 4.78 is 14.5. The second-order valence-electron chi connectivity index (χ2n) is 3.75. The van der Waals surface area contributed by atoms with E-state index in [1.54, 1.807) is 7.11 Å². The lowest BCUT2D eigenvalue weighted by Gasteiger charge is -2.22. The minimum atomic E-state index is -0.644. The van der Waals surface area contributed by atoms with Gasteiger partial charge in [0.25, 0.3) is 0 Å². The molecule has 0 aromatic heterocycles. The van der Waals surface area contributed by atoms with Gasteiger partial charge in [0, 0.05) is 19.6 Å². The van der Waals surface area contributed by atoms with E-state index in [0.29, 0.717) is 6.42 Å². The number of methoxy groups -OCH3 is 1. The van der Waals surface area contributed by atoms with Gasteiger partial charge in [-0.15, -0.1) is 0 Å². The Morgan fingerprint density at radius 3 is 2.44 bits per heavy atom. The van der Waals surface area contributed by atoms with Crippen LogP contribution in [0.25, 0.3) is 0 Å². The Labute approximate surface area is 95.4 Å². The molecule has 0 amide bonds. The van der Waals surface area contributed by atoms with Gasteiger partial charge in [0.15, 0.2) is 6.61 Å². The molecule has 0 bridgehead atoms. The largest absolute Gasteiger partial charge is 0.463 e. The van der Waals surface area contributed by atoms with Crippen LogP contribution in [0.15, 0.2) is 12.7 Å². The second kappa shape index (κ2) is 7.00. The van der Waals surface area contributed by atoms with Crippen molar-refractivity contribution in [1.29, 1.82) is 0 Å². The Morgan fingerprint density at radius 1 is 1.31 bits per heavy atom. The number of carbonyl (C=O) groups is 2. The van der Waals surface area contributed by atoms with Crippen molar-refractivity contribution in [3.63, 3.8) is 0 Å². The maximum Gasteiger partial charge on any atom is 0.344 e. The van der Waals surface area contributed by atoms with E-state index < -0.39 is 18.5 Å². The second-order valence-corrected chi connectivity index (χ2v) is 3.75. The number of rotatable bonds is 7. The highest BCUT2D eigenvalue weighted by Crippen LogP contribution is 2.12. The van der Waals surface area contributed by atoms with Gasteiger partial charge in [-0.2, -0.15) is 0 Å². The van der Waals surface area contributed by atoms with Crippen molar-refractivity contribution < 1.29 is 23.8 Å². The Balaban J connectivity index is 3.66. The zero-order valence-corrected chi connectivity index (χ0v) is 9.95. The summed E-state index contributed by atoms with van der Waals surface area (Å²) >= 11 is 0. The lowest BCUT2D eigenvalue weighted by atomic mass is 10.1. The molecule has 5 nitrogen and oxygen atoms in total. The van der Waals surface area contributed by atoms with Crippen molar-refractivity contribution in [3.05, 3.63) is 12.7 Å². The third-order valence-electron chi connectivity index (χ3n) is 2.02. The maximum atomic E-state index is 11.1. The first kappa shape index (κ1) is 14.6. The fourth-order valence-electron chi connectivity index (χ4n) is 0.743. The highest BCUT2D eigenvalue weighted by Gasteiger charge is 2.17. The first-order valence-corrected chi connectivity index (χ1v) is 4.91. The summed E-state index contributed by atoms with van der Waals surface area (Å²) in [5, 5.41) is 0. The molecule has 0 atom stereocenters. The molecule has 0 rings (SSSR count). The van der Waals surface area contributed by atoms with Crippen LogP contribution < -0.4 is 0 Å². The molecular weight excluding hydrogens is 212 g/mol. The SMILES string of the molecule is C=CC(=O)OCC(=O)OCCC(C)(C)OC. The molecule has 0 saturated carbocycles. The number of hydrogen-bond acceptors (Lipinski definition) is 5. The van der Waals surface area contributed by atoms with Crippen molar-refractivity contribution in [1.82, 2.24) is 0 Å². The molecule has 16 heavy (non-hydrogen) atoms. The van der Waals surface area contributed by atoms with Crippen LogP contribution in [0, 0.1) is 0 Å². The summed E-state index contributed by atoms with van der Waals surface area (Å²) in [6.07, 6.45) is 1.56. The normalized spacial score (nSPS) is 10.7. The van der Waals surface area contributed by atoms with Gasteiger partial charge >= 0.3 is 11.9 Å². The van der Waals surface area contributed by atoms with Gasteiger partial charge < -0.3 is 14.2 Å². The third kappa shape index (κ3) is 7.00. The molecular formula is C11H18O5. The van der Waals surface area contributed by atoms with E-state index in [0.717, 1.165) is 6.08 Å². The number of hydrogen-bond donors (Lipinski definition) is 0. The molecule has 5 heteroatoms. The molecule has 0 radical (unpaired) electrons. The van der Waals surface area contributed by atoms with Gasteiger partial charge in [-0.25, -0.2) is 9.59 Å². The molecule has 0 unspecified atom stereocenters. The Morgan fingerprint density at radius 2 is 1.94 bits per heavy atom. The summed E-state index contributed by atoms with van der Waals surface area (Å²) in [5.41, 5.74) is -0.335. The lowest BCUT2D eigenvalue weighted by Crippen LogP contribution is -2.26. The van der Waals surface area contributed by atoms with E-state index in [9.17, 15) is 9.59 Å². The van der Waals surface area contributed by atoms with Crippen molar-refractivity contribution in [2.24, 2.45) is 0 Å². The quantitative estimate of drug-likeness (QED) is 0.483. The molecule has 0 aliphatic heterocycles. The monoisotopic (exact) mass is 230 g/mol. The molecule has 0 N–H and O–H groups in total. The number of esters is 2. The van der Waals surface area contributed by atoms with E-state index >= 15 is 0 Å². The van der Waals surface area contributed by atoms with Gasteiger partial charge in [0.05, 0.1) is 12.2 Å². The first-order chi connectivity index (χ1) is 7.41. The predicted octanol–water partition coefficient (Wildman–Crippen LogP) is 1.07. The number of ether oxygens (including phenoxy) is 3. The third-order valence-corrected chi connectivity index (χ3v) is 2.02. The molecule has 0 aromatic rings. The van der Waals surface area contributed by atoms with E-state index in [1.165, 1.54) is 0 Å². The van der Waals surface area contributed by atoms with Gasteiger partial charge in [0.1, 0.15) is 0 Å². The molecule has 0 aliphatic rings. The smallest absolute Gasteiger partial charge is 0.344 e. The molecule has 92 valence electrons. The summed E-state index contributed by atoms with van der Waals surface area (Å²) in [4.78, 5) is 21.7. The van der Waals surface area contributed by atoms with Crippen LogP contribution in [-0.2, 0) is 23.8 Å². The minimum Gasteiger partial charge on any atom is -0.463 e. The molecule has 0 fully saturated rings. The van der Waals surface area contributed by atoms with E-state index in [2.05, 4.69) is 11.3 Å². The minimum absolute atomic E-state index is 0.227. The molecule has 0 saturated heterocycles. The summed E-state index contributed by atoms with van der Waals surface area (Å²) in [7, 11) is 1.59. The van der Waals surface area contributed by atoms with Gasteiger partial charge in [-0.05, 0) is 13.8 Å². The van der Waals surface area contributed by atoms with Crippen LogP contribution in [0.2, 0.25) is 0 Å². The molecule has 0 heterocycles. The van der Waals surface area contributed by atoms with Crippen LogP contribution in [0.5, 0.6) is 0 Å². The summed E-state index contributed by atoms with van der Waals surface area (Å²) in [6, 6.07) is 0. The fourth-order valence-corrected chi connectivity index (χ4v) is 0.743. The van der Waals surface area contributed by atoms with Crippen LogP contribution >= 0.6 is 0 Å². The number of carbonyl (C=O) groups excluding carboxylic acids is 2. The van der Waals surface area contributed by atoms with E-state index in [-0.39, 0.29) is 12.2 Å². The van der Waals surface area contributed by atoms with Crippen molar-refractivity contribution in [2.45, 2.75) is 25.9 Å². The first-order valence-electron chi connectivity index (χ1n) is 4.91. The molecule has 0 aromatic carbocycles. The lowest BCUT2D eigenvalue weighted by molar-refractivity contribution is -0.157. The Kier molecular flexibility index (Phi) is 6.41. The zero-order valence-electron chi connectivity index (χ0n) is 9.95. The van der Waals surface area contributed by atoms with Crippen molar-refractivity contribution in [3.8, 4) is 0 Å². The van der Waals surface area contributed by atoms with Crippen LogP contribution in [0.4, 0.5) is 0 Å². The van der Waals surface area contributed by atoms with Crippen molar-refractivity contribution >= 4 is 11.9 Å². The van der Waals surface area contributed by atoms with Crippen LogP contribution in [-0.4, -0.2) is 37.9 Å². The van der Waals surface area contributed by atoms with Crippen molar-refractivity contribution in [2.75, 3.05) is 20.3 Å². The highest BCUT2D eigenvalue weighted by molar-refractivity contribution is 5.83. The van der Waals surface area contributed by atoms with Crippen LogP contribution in [0.3, 0.4) is 0 Å². The average molecular weight is 230 g/mol. The average Bonchev–Trinajstić information content (AvgIpc) is 2.25. The Bertz CT molecular complexity index is 257. The topological polar surface area (TPSA) is 61.8 Å². The highest BCUT2D eigenvalue weighted by atomic mass is 16.6. The zero-order chi connectivity index (χ0) is 12.6. The maximum absolute atomic E-state index is 11.1. The Hall–Kier alpha value is -1.36. The van der Waals surface area contributed by atoms with Crippen LogP contribution in [0.1, 0.15) is 20.3 Å². The summed E-state index contributed by atoms with van der Waals surface area (Å²) in [6.45, 7) is 6.81. The van der Waals surface area contributed by atoms with Gasteiger partial charge in [-0.3, -0.25) is 0 Å². The predicted molar refractivity (Wildman–Crippen MR) is 57.8 cm³/mol.